The lowest BCUT2D eigenvalue weighted by Gasteiger charge is -2.16. The van der Waals surface area contributed by atoms with E-state index in [0.717, 1.165) is 5.56 Å². The molecule has 1 fully saturated rings. The molecule has 36 heavy (non-hydrogen) atoms. The Kier molecular flexibility index (Phi) is 6.51. The number of carbonyl (C=O) groups is 2. The van der Waals surface area contributed by atoms with Crippen molar-refractivity contribution in [2.24, 2.45) is 5.92 Å². The first kappa shape index (κ1) is 23.7. The molecule has 3 heterocycles. The lowest BCUT2D eigenvalue weighted by atomic mass is 10.1. The number of nitrogens with zero attached hydrogens (tertiary/aromatic N) is 5. The highest BCUT2D eigenvalue weighted by molar-refractivity contribution is 6.30. The molecule has 2 aromatic heterocycles. The summed E-state index contributed by atoms with van der Waals surface area (Å²) < 4.78 is 16.2. The van der Waals surface area contributed by atoms with E-state index in [1.165, 1.54) is 46.3 Å². The predicted molar refractivity (Wildman–Crippen MR) is 132 cm³/mol. The number of halogens is 2. The second-order valence-electron chi connectivity index (χ2n) is 8.58. The van der Waals surface area contributed by atoms with Crippen molar-refractivity contribution in [3.8, 4) is 0 Å². The molecule has 2 amide bonds. The van der Waals surface area contributed by atoms with Gasteiger partial charge in [0.05, 0.1) is 25.2 Å². The van der Waals surface area contributed by atoms with E-state index in [-0.39, 0.29) is 42.7 Å². The molecule has 0 aliphatic carbocycles. The fourth-order valence-electron chi connectivity index (χ4n) is 4.24. The fourth-order valence-corrected chi connectivity index (χ4v) is 4.37. The van der Waals surface area contributed by atoms with Crippen LogP contribution < -0.4 is 15.8 Å². The summed E-state index contributed by atoms with van der Waals surface area (Å²) in [5.74, 6) is -1.32. The predicted octanol–water partition coefficient (Wildman–Crippen LogP) is 2.60. The monoisotopic (exact) mass is 508 g/mol. The molecule has 1 N–H and O–H groups in total. The van der Waals surface area contributed by atoms with Gasteiger partial charge in [-0.1, -0.05) is 23.7 Å². The van der Waals surface area contributed by atoms with Crippen LogP contribution in [0.4, 0.5) is 10.1 Å². The first-order valence-corrected chi connectivity index (χ1v) is 11.8. The summed E-state index contributed by atoms with van der Waals surface area (Å²) in [7, 11) is 0. The van der Waals surface area contributed by atoms with Crippen molar-refractivity contribution in [1.82, 2.24) is 24.6 Å². The van der Waals surface area contributed by atoms with Gasteiger partial charge >= 0.3 is 0 Å². The van der Waals surface area contributed by atoms with E-state index >= 15 is 0 Å². The molecule has 0 saturated carbocycles. The average Bonchev–Trinajstić information content (AvgIpc) is 3.47. The highest BCUT2D eigenvalue weighted by atomic mass is 35.5. The molecule has 1 aliphatic rings. The van der Waals surface area contributed by atoms with Crippen molar-refractivity contribution in [1.29, 1.82) is 0 Å². The van der Waals surface area contributed by atoms with Gasteiger partial charge < -0.3 is 10.2 Å². The molecule has 11 heteroatoms. The molecular formula is C25H22ClFN6O3. The molecule has 0 bridgehead atoms. The Hall–Kier alpha value is -4.05. The van der Waals surface area contributed by atoms with E-state index in [1.54, 1.807) is 16.8 Å². The Labute approximate surface area is 210 Å². The molecule has 1 aliphatic heterocycles. The smallest absolute Gasteiger partial charge is 0.264 e. The molecule has 0 unspecified atom stereocenters. The zero-order valence-electron chi connectivity index (χ0n) is 19.1. The van der Waals surface area contributed by atoms with Gasteiger partial charge in [0, 0.05) is 30.2 Å². The number of hydrogen-bond donors (Lipinski definition) is 1. The van der Waals surface area contributed by atoms with Crippen molar-refractivity contribution in [2.45, 2.75) is 19.5 Å². The topological polar surface area (TPSA) is 102 Å². The van der Waals surface area contributed by atoms with E-state index in [9.17, 15) is 18.8 Å². The van der Waals surface area contributed by atoms with Crippen molar-refractivity contribution >= 4 is 40.1 Å². The number of hydrogen-bond acceptors (Lipinski definition) is 5. The maximum atomic E-state index is 13.2. The van der Waals surface area contributed by atoms with Crippen LogP contribution in [-0.4, -0.2) is 44.2 Å². The molecule has 184 valence electrons. The Bertz CT molecular complexity index is 1480. The minimum Gasteiger partial charge on any atom is -0.354 e. The van der Waals surface area contributed by atoms with Crippen molar-refractivity contribution < 1.29 is 14.0 Å². The number of benzene rings is 2. The maximum Gasteiger partial charge on any atom is 0.264 e. The molecule has 1 atom stereocenters. The molecule has 4 aromatic rings. The van der Waals surface area contributed by atoms with Crippen LogP contribution in [0.1, 0.15) is 12.0 Å². The number of aromatic nitrogens is 4. The number of amides is 2. The van der Waals surface area contributed by atoms with Crippen molar-refractivity contribution in [3.05, 3.63) is 87.8 Å². The number of fused-ring (bicyclic) bond motifs is 1. The summed E-state index contributed by atoms with van der Waals surface area (Å²) >= 11 is 5.92. The third-order valence-electron chi connectivity index (χ3n) is 6.15. The van der Waals surface area contributed by atoms with Gasteiger partial charge in [0.1, 0.15) is 17.5 Å². The second kappa shape index (κ2) is 9.90. The Morgan fingerprint density at radius 2 is 1.86 bits per heavy atom. The SMILES string of the molecule is O=C(NCCn1ncc2c(=O)n(Cc3ccc(Cl)cc3)cnc21)[C@@H]1CC(=O)N(c2ccc(F)cc2)C1. The van der Waals surface area contributed by atoms with E-state index in [0.29, 0.717) is 34.8 Å². The lowest BCUT2D eigenvalue weighted by Crippen LogP contribution is -2.35. The number of anilines is 1. The third-order valence-corrected chi connectivity index (χ3v) is 6.40. The van der Waals surface area contributed by atoms with E-state index in [4.69, 9.17) is 11.6 Å². The molecule has 0 radical (unpaired) electrons. The molecule has 0 spiro atoms. The van der Waals surface area contributed by atoms with E-state index < -0.39 is 5.92 Å². The standard InChI is InChI=1S/C25H22ClFN6O3/c26-18-3-1-16(2-4-18)13-31-15-29-23-21(25(31)36)12-30-33(23)10-9-28-24(35)17-11-22(34)32(14-17)20-7-5-19(27)6-8-20/h1-8,12,15,17H,9-11,13-14H2,(H,28,35)/t17-/m1/s1. The minimum absolute atomic E-state index is 0.0859. The van der Waals surface area contributed by atoms with Crippen LogP contribution in [0, 0.1) is 11.7 Å². The van der Waals surface area contributed by atoms with Crippen molar-refractivity contribution in [2.75, 3.05) is 18.0 Å². The normalized spacial score (nSPS) is 15.6. The fraction of sp³-hybridized carbons (Fsp3) is 0.240. The van der Waals surface area contributed by atoms with Crippen LogP contribution in [-0.2, 0) is 22.7 Å². The molecule has 2 aromatic carbocycles. The molecule has 9 nitrogen and oxygen atoms in total. The van der Waals surface area contributed by atoms with Crippen LogP contribution in [0.15, 0.2) is 65.8 Å². The van der Waals surface area contributed by atoms with E-state index in [1.807, 2.05) is 12.1 Å². The summed E-state index contributed by atoms with van der Waals surface area (Å²) in [4.78, 5) is 43.8. The van der Waals surface area contributed by atoms with Gasteiger partial charge in [-0.15, -0.1) is 0 Å². The Balaban J connectivity index is 1.19. The number of carbonyl (C=O) groups excluding carboxylic acids is 2. The highest BCUT2D eigenvalue weighted by Gasteiger charge is 2.35. The second-order valence-corrected chi connectivity index (χ2v) is 9.02. The zero-order chi connectivity index (χ0) is 25.2. The van der Waals surface area contributed by atoms with Gasteiger partial charge in [-0.3, -0.25) is 19.0 Å². The molecule has 1 saturated heterocycles. The Morgan fingerprint density at radius 1 is 1.11 bits per heavy atom. The van der Waals surface area contributed by atoms with E-state index in [2.05, 4.69) is 15.4 Å². The summed E-state index contributed by atoms with van der Waals surface area (Å²) in [5, 5.41) is 8.10. The van der Waals surface area contributed by atoms with Gasteiger partial charge in [-0.25, -0.2) is 14.1 Å². The zero-order valence-corrected chi connectivity index (χ0v) is 19.9. The summed E-state index contributed by atoms with van der Waals surface area (Å²) in [5.41, 5.74) is 1.70. The van der Waals surface area contributed by atoms with Crippen LogP contribution in [0.2, 0.25) is 5.02 Å². The summed E-state index contributed by atoms with van der Waals surface area (Å²) in [6.45, 7) is 1.16. The largest absolute Gasteiger partial charge is 0.354 e. The van der Waals surface area contributed by atoms with Gasteiger partial charge in [0.15, 0.2) is 5.65 Å². The van der Waals surface area contributed by atoms with Crippen LogP contribution >= 0.6 is 11.6 Å². The quantitative estimate of drug-likeness (QED) is 0.413. The van der Waals surface area contributed by atoms with Crippen molar-refractivity contribution in [3.63, 3.8) is 0 Å². The van der Waals surface area contributed by atoms with Crippen LogP contribution in [0.3, 0.4) is 0 Å². The third kappa shape index (κ3) is 4.85. The Morgan fingerprint density at radius 3 is 2.61 bits per heavy atom. The van der Waals surface area contributed by atoms with Gasteiger partial charge in [0.25, 0.3) is 5.56 Å². The lowest BCUT2D eigenvalue weighted by molar-refractivity contribution is -0.126. The van der Waals surface area contributed by atoms with Gasteiger partial charge in [-0.2, -0.15) is 5.10 Å². The first-order valence-electron chi connectivity index (χ1n) is 11.4. The summed E-state index contributed by atoms with van der Waals surface area (Å²) in [6, 6.07) is 12.8. The van der Waals surface area contributed by atoms with Crippen LogP contribution in [0.25, 0.3) is 11.0 Å². The molecule has 5 rings (SSSR count). The number of nitrogens with one attached hydrogen (secondary N) is 1. The number of rotatable bonds is 7. The maximum absolute atomic E-state index is 13.2. The first-order chi connectivity index (χ1) is 17.4. The minimum atomic E-state index is -0.505. The molecular weight excluding hydrogens is 487 g/mol. The summed E-state index contributed by atoms with van der Waals surface area (Å²) in [6.07, 6.45) is 3.04. The highest BCUT2D eigenvalue weighted by Crippen LogP contribution is 2.25. The van der Waals surface area contributed by atoms with Crippen LogP contribution in [0.5, 0.6) is 0 Å². The van der Waals surface area contributed by atoms with Gasteiger partial charge in [-0.05, 0) is 42.0 Å². The van der Waals surface area contributed by atoms with Gasteiger partial charge in [0.2, 0.25) is 11.8 Å². The average molecular weight is 509 g/mol.